The molecule has 1 N–H and O–H groups in total. The molecule has 6 heteroatoms. The molecule has 0 radical (unpaired) electrons. The number of carboxylic acid groups (broad SMARTS) is 1. The van der Waals surface area contributed by atoms with Gasteiger partial charge in [0.2, 0.25) is 0 Å². The van der Waals surface area contributed by atoms with E-state index in [1.165, 1.54) is 5.39 Å². The molecule has 1 aliphatic heterocycles. The summed E-state index contributed by atoms with van der Waals surface area (Å²) in [5, 5.41) is 10.9. The van der Waals surface area contributed by atoms with E-state index in [0.717, 1.165) is 33.2 Å². The van der Waals surface area contributed by atoms with Crippen molar-refractivity contribution in [2.75, 3.05) is 0 Å². The van der Waals surface area contributed by atoms with Crippen LogP contribution in [0.15, 0.2) is 47.4 Å². The quantitative estimate of drug-likeness (QED) is 0.507. The van der Waals surface area contributed by atoms with E-state index in [1.807, 2.05) is 38.2 Å². The number of hydrogen-bond acceptors (Lipinski definition) is 2. The van der Waals surface area contributed by atoms with Gasteiger partial charge in [0.05, 0.1) is 29.0 Å². The Kier molecular flexibility index (Phi) is 3.45. The summed E-state index contributed by atoms with van der Waals surface area (Å²) in [5.41, 5.74) is 4.76. The second-order valence-electron chi connectivity index (χ2n) is 8.58. The Morgan fingerprint density at radius 2 is 1.76 bits per heavy atom. The first kappa shape index (κ1) is 17.8. The number of aliphatic carboxylic acids is 1. The Morgan fingerprint density at radius 1 is 1.10 bits per heavy atom. The number of carbonyl (C=O) groups is 1. The second kappa shape index (κ2) is 5.63. The number of hydrogen-bond donors (Lipinski definition) is 1. The molecule has 5 rings (SSSR count). The third-order valence-electron chi connectivity index (χ3n) is 6.68. The lowest BCUT2D eigenvalue weighted by atomic mass is 9.85. The predicted octanol–water partition coefficient (Wildman–Crippen LogP) is 4.00. The zero-order valence-corrected chi connectivity index (χ0v) is 16.9. The van der Waals surface area contributed by atoms with Gasteiger partial charge in [0.25, 0.3) is 0 Å². The van der Waals surface area contributed by atoms with Gasteiger partial charge in [-0.2, -0.15) is 0 Å². The largest absolute Gasteiger partial charge is 0.481 e. The Balaban J connectivity index is 1.90. The summed E-state index contributed by atoms with van der Waals surface area (Å²) < 4.78 is 5.55. The van der Waals surface area contributed by atoms with Gasteiger partial charge in [-0.05, 0) is 44.0 Å². The van der Waals surface area contributed by atoms with Crippen LogP contribution < -0.4 is 5.69 Å². The van der Waals surface area contributed by atoms with Crippen LogP contribution in [0, 0.1) is 5.41 Å². The SMILES string of the molecule is CC(n1c(=O)n2c3c(cccc31)-c1cccc3c1c(cn3C)C2)C(C)(C)C(=O)O. The lowest BCUT2D eigenvalue weighted by Crippen LogP contribution is -2.38. The fourth-order valence-corrected chi connectivity index (χ4v) is 4.63. The smallest absolute Gasteiger partial charge is 0.329 e. The molecule has 6 nitrogen and oxygen atoms in total. The van der Waals surface area contributed by atoms with E-state index < -0.39 is 17.4 Å². The van der Waals surface area contributed by atoms with E-state index in [2.05, 4.69) is 22.9 Å². The molecule has 1 unspecified atom stereocenters. The standard InChI is InChI=1S/C23H23N3O3/c1-13(23(2,3)21(27)28)26-18-10-6-8-16-15-7-5-9-17-19(15)14(11-24(17)4)12-25(20(16)18)22(26)29/h5-11,13H,12H2,1-4H3,(H,27,28). The molecular formula is C23H23N3O3. The van der Waals surface area contributed by atoms with Crippen LogP contribution in [0.2, 0.25) is 0 Å². The molecule has 0 aliphatic carbocycles. The highest BCUT2D eigenvalue weighted by molar-refractivity contribution is 6.05. The molecule has 148 valence electrons. The van der Waals surface area contributed by atoms with Gasteiger partial charge in [-0.1, -0.05) is 24.3 Å². The summed E-state index contributed by atoms with van der Waals surface area (Å²) in [6.45, 7) is 5.61. The number of imidazole rings is 1. The van der Waals surface area contributed by atoms with Crippen LogP contribution >= 0.6 is 0 Å². The molecule has 1 atom stereocenters. The Morgan fingerprint density at radius 3 is 2.45 bits per heavy atom. The van der Waals surface area contributed by atoms with Gasteiger partial charge < -0.3 is 9.67 Å². The van der Waals surface area contributed by atoms with E-state index in [0.29, 0.717) is 6.54 Å². The predicted molar refractivity (Wildman–Crippen MR) is 113 cm³/mol. The van der Waals surface area contributed by atoms with Crippen molar-refractivity contribution in [3.05, 3.63) is 58.6 Å². The third-order valence-corrected chi connectivity index (χ3v) is 6.68. The van der Waals surface area contributed by atoms with Gasteiger partial charge in [-0.25, -0.2) is 4.79 Å². The minimum Gasteiger partial charge on any atom is -0.481 e. The monoisotopic (exact) mass is 389 g/mol. The summed E-state index contributed by atoms with van der Waals surface area (Å²) in [4.78, 5) is 25.4. The van der Waals surface area contributed by atoms with E-state index >= 15 is 0 Å². The zero-order valence-electron chi connectivity index (χ0n) is 16.9. The molecule has 2 aromatic carbocycles. The minimum atomic E-state index is -1.08. The molecule has 0 fully saturated rings. The maximum absolute atomic E-state index is 13.6. The maximum Gasteiger partial charge on any atom is 0.329 e. The fourth-order valence-electron chi connectivity index (χ4n) is 4.63. The molecule has 3 heterocycles. The van der Waals surface area contributed by atoms with Crippen molar-refractivity contribution in [1.29, 1.82) is 0 Å². The number of nitrogens with zero attached hydrogens (tertiary/aromatic N) is 3. The summed E-state index contributed by atoms with van der Waals surface area (Å²) in [7, 11) is 2.02. The minimum absolute atomic E-state index is 0.168. The summed E-state index contributed by atoms with van der Waals surface area (Å²) in [5.74, 6) is -0.920. The molecule has 0 saturated carbocycles. The van der Waals surface area contributed by atoms with Gasteiger partial charge in [0.15, 0.2) is 0 Å². The Labute approximate surface area is 167 Å². The summed E-state index contributed by atoms with van der Waals surface area (Å²) >= 11 is 0. The highest BCUT2D eigenvalue weighted by Gasteiger charge is 2.38. The normalized spacial score (nSPS) is 14.3. The number of fused-ring (bicyclic) bond motifs is 1. The summed E-state index contributed by atoms with van der Waals surface area (Å²) in [6, 6.07) is 11.7. The lowest BCUT2D eigenvalue weighted by Gasteiger charge is -2.28. The second-order valence-corrected chi connectivity index (χ2v) is 8.58. The van der Waals surface area contributed by atoms with Crippen LogP contribution in [0.5, 0.6) is 0 Å². The van der Waals surface area contributed by atoms with E-state index in [1.54, 1.807) is 23.0 Å². The molecule has 0 bridgehead atoms. The number of aryl methyl sites for hydroxylation is 1. The zero-order chi connectivity index (χ0) is 20.7. The van der Waals surface area contributed by atoms with Crippen molar-refractivity contribution >= 4 is 27.9 Å². The first-order valence-corrected chi connectivity index (χ1v) is 9.78. The molecule has 2 aromatic heterocycles. The summed E-state index contributed by atoms with van der Waals surface area (Å²) in [6.07, 6.45) is 2.08. The number of para-hydroxylation sites is 1. The van der Waals surface area contributed by atoms with Gasteiger partial charge in [0.1, 0.15) is 0 Å². The molecule has 0 amide bonds. The molecule has 0 saturated heterocycles. The molecule has 4 aromatic rings. The van der Waals surface area contributed by atoms with Crippen LogP contribution in [0.25, 0.3) is 33.1 Å². The van der Waals surface area contributed by atoms with Crippen LogP contribution in [0.3, 0.4) is 0 Å². The van der Waals surface area contributed by atoms with Crippen molar-refractivity contribution in [2.24, 2.45) is 12.5 Å². The highest BCUT2D eigenvalue weighted by atomic mass is 16.4. The van der Waals surface area contributed by atoms with Crippen molar-refractivity contribution < 1.29 is 9.90 Å². The van der Waals surface area contributed by atoms with E-state index in [4.69, 9.17) is 0 Å². The van der Waals surface area contributed by atoms with E-state index in [9.17, 15) is 14.7 Å². The topological polar surface area (TPSA) is 69.2 Å². The average Bonchev–Trinajstić information content (AvgIpc) is 3.10. The maximum atomic E-state index is 13.6. The number of aromatic nitrogens is 3. The number of carboxylic acids is 1. The van der Waals surface area contributed by atoms with Gasteiger partial charge in [0, 0.05) is 29.7 Å². The molecule has 29 heavy (non-hydrogen) atoms. The molecule has 1 aliphatic rings. The third kappa shape index (κ3) is 2.17. The average molecular weight is 389 g/mol. The van der Waals surface area contributed by atoms with Crippen LogP contribution in [-0.2, 0) is 18.4 Å². The van der Waals surface area contributed by atoms with Crippen LogP contribution in [0.1, 0.15) is 32.4 Å². The molecular weight excluding hydrogens is 366 g/mol. The van der Waals surface area contributed by atoms with E-state index in [-0.39, 0.29) is 5.69 Å². The van der Waals surface area contributed by atoms with Gasteiger partial charge in [-0.15, -0.1) is 0 Å². The molecule has 0 spiro atoms. The number of rotatable bonds is 3. The van der Waals surface area contributed by atoms with Crippen molar-refractivity contribution in [2.45, 2.75) is 33.4 Å². The van der Waals surface area contributed by atoms with Crippen LogP contribution in [0.4, 0.5) is 0 Å². The van der Waals surface area contributed by atoms with Gasteiger partial charge in [-0.3, -0.25) is 13.9 Å². The fraction of sp³-hybridized carbons (Fsp3) is 0.304. The van der Waals surface area contributed by atoms with Crippen molar-refractivity contribution in [3.8, 4) is 11.1 Å². The number of benzene rings is 2. The lowest BCUT2D eigenvalue weighted by molar-refractivity contribution is -0.149. The first-order valence-electron chi connectivity index (χ1n) is 9.78. The van der Waals surface area contributed by atoms with Crippen molar-refractivity contribution in [3.63, 3.8) is 0 Å². The Hall–Kier alpha value is -3.28. The Bertz CT molecular complexity index is 1380. The van der Waals surface area contributed by atoms with Gasteiger partial charge >= 0.3 is 11.7 Å². The van der Waals surface area contributed by atoms with Crippen LogP contribution in [-0.4, -0.2) is 24.8 Å². The first-order chi connectivity index (χ1) is 13.7. The highest BCUT2D eigenvalue weighted by Crippen LogP contribution is 2.40. The van der Waals surface area contributed by atoms with Crippen molar-refractivity contribution in [1.82, 2.24) is 13.7 Å².